The number of halogens is 1. The minimum atomic E-state index is -3.93. The molecule has 0 saturated carbocycles. The predicted molar refractivity (Wildman–Crippen MR) is 125 cm³/mol. The van der Waals surface area contributed by atoms with Crippen LogP contribution in [0, 0.1) is 6.92 Å². The molecule has 0 atom stereocenters. The van der Waals surface area contributed by atoms with E-state index in [4.69, 9.17) is 21.1 Å². The molecule has 3 aromatic rings. The average Bonchev–Trinajstić information content (AvgIpc) is 3.27. The highest BCUT2D eigenvalue weighted by atomic mass is 35.5. The Balaban J connectivity index is 1.50. The summed E-state index contributed by atoms with van der Waals surface area (Å²) >= 11 is 5.92. The summed E-state index contributed by atoms with van der Waals surface area (Å²) in [7, 11) is -3.93. The number of sulfonamides is 1. The Hall–Kier alpha value is -3.07. The van der Waals surface area contributed by atoms with Crippen molar-refractivity contribution in [3.63, 3.8) is 0 Å². The van der Waals surface area contributed by atoms with E-state index >= 15 is 0 Å². The van der Waals surface area contributed by atoms with Crippen molar-refractivity contribution in [1.82, 2.24) is 9.62 Å². The van der Waals surface area contributed by atoms with Crippen molar-refractivity contribution >= 4 is 27.5 Å². The van der Waals surface area contributed by atoms with Crippen LogP contribution in [-0.4, -0.2) is 32.0 Å². The fourth-order valence-corrected chi connectivity index (χ4v) is 4.86. The molecule has 4 rings (SSSR count). The molecule has 0 fully saturated rings. The molecule has 172 valence electrons. The maximum atomic E-state index is 13.3. The quantitative estimate of drug-likeness (QED) is 0.522. The molecule has 0 aromatic heterocycles. The molecule has 1 aliphatic rings. The predicted octanol–water partition coefficient (Wildman–Crippen LogP) is 3.88. The lowest BCUT2D eigenvalue weighted by Crippen LogP contribution is -2.40. The fourth-order valence-electron chi connectivity index (χ4n) is 3.35. The van der Waals surface area contributed by atoms with Gasteiger partial charge < -0.3 is 14.8 Å². The molecule has 0 spiro atoms. The number of carbonyl (C=O) groups is 1. The number of hydrogen-bond donors (Lipinski definition) is 1. The molecule has 7 nitrogen and oxygen atoms in total. The van der Waals surface area contributed by atoms with Crippen molar-refractivity contribution in [1.29, 1.82) is 0 Å². The van der Waals surface area contributed by atoms with Crippen LogP contribution in [0.1, 0.15) is 16.7 Å². The average molecular weight is 487 g/mol. The highest BCUT2D eigenvalue weighted by Crippen LogP contribution is 2.32. The van der Waals surface area contributed by atoms with Crippen molar-refractivity contribution in [2.75, 3.05) is 13.3 Å². The van der Waals surface area contributed by atoms with Gasteiger partial charge in [0.05, 0.1) is 11.4 Å². The number of amides is 1. The normalized spacial score (nSPS) is 12.7. The smallest absolute Gasteiger partial charge is 0.243 e. The van der Waals surface area contributed by atoms with Crippen molar-refractivity contribution in [2.45, 2.75) is 24.9 Å². The Morgan fingerprint density at radius 2 is 1.64 bits per heavy atom. The van der Waals surface area contributed by atoms with Gasteiger partial charge in [-0.1, -0.05) is 47.5 Å². The third kappa shape index (κ3) is 5.65. The van der Waals surface area contributed by atoms with Gasteiger partial charge in [0.25, 0.3) is 0 Å². The van der Waals surface area contributed by atoms with E-state index < -0.39 is 15.9 Å². The molecule has 1 N–H and O–H groups in total. The maximum Gasteiger partial charge on any atom is 0.243 e. The minimum absolute atomic E-state index is 0.0582. The topological polar surface area (TPSA) is 84.9 Å². The lowest BCUT2D eigenvalue weighted by molar-refractivity contribution is -0.121. The summed E-state index contributed by atoms with van der Waals surface area (Å²) in [6, 6.07) is 18.8. The molecule has 0 saturated heterocycles. The molecule has 0 radical (unpaired) electrons. The van der Waals surface area contributed by atoms with E-state index in [1.54, 1.807) is 12.1 Å². The van der Waals surface area contributed by atoms with Gasteiger partial charge >= 0.3 is 0 Å². The molecule has 33 heavy (non-hydrogen) atoms. The first kappa shape index (κ1) is 23.1. The van der Waals surface area contributed by atoms with E-state index in [0.29, 0.717) is 16.5 Å². The summed E-state index contributed by atoms with van der Waals surface area (Å²) in [5.74, 6) is 0.855. The second-order valence-corrected chi connectivity index (χ2v) is 10.1. The van der Waals surface area contributed by atoms with Crippen LogP contribution in [0.4, 0.5) is 0 Å². The van der Waals surface area contributed by atoms with Crippen LogP contribution in [0.15, 0.2) is 71.6 Å². The molecule has 9 heteroatoms. The first-order valence-electron chi connectivity index (χ1n) is 10.3. The third-order valence-corrected chi connectivity index (χ3v) is 7.24. The van der Waals surface area contributed by atoms with E-state index in [-0.39, 0.29) is 31.3 Å². The summed E-state index contributed by atoms with van der Waals surface area (Å²) < 4.78 is 38.5. The summed E-state index contributed by atoms with van der Waals surface area (Å²) in [4.78, 5) is 12.8. The first-order chi connectivity index (χ1) is 15.8. The highest BCUT2D eigenvalue weighted by molar-refractivity contribution is 7.89. The molecule has 0 aliphatic carbocycles. The minimum Gasteiger partial charge on any atom is -0.454 e. The van der Waals surface area contributed by atoms with E-state index in [9.17, 15) is 13.2 Å². The van der Waals surface area contributed by atoms with Gasteiger partial charge in [-0.15, -0.1) is 0 Å². The van der Waals surface area contributed by atoms with Crippen molar-refractivity contribution in [3.8, 4) is 11.5 Å². The lowest BCUT2D eigenvalue weighted by Gasteiger charge is -2.22. The molecular weight excluding hydrogens is 464 g/mol. The third-order valence-electron chi connectivity index (χ3n) is 5.18. The second-order valence-electron chi connectivity index (χ2n) is 7.68. The number of rotatable bonds is 8. The number of benzene rings is 3. The number of nitrogens with zero attached hydrogens (tertiary/aromatic N) is 1. The van der Waals surface area contributed by atoms with Crippen LogP contribution >= 0.6 is 11.6 Å². The van der Waals surface area contributed by atoms with Crippen molar-refractivity contribution in [3.05, 3.63) is 88.4 Å². The first-order valence-corrected chi connectivity index (χ1v) is 12.1. The lowest BCUT2D eigenvalue weighted by atomic mass is 10.1. The Kier molecular flexibility index (Phi) is 6.88. The number of aryl methyl sites for hydroxylation is 1. The molecule has 1 aliphatic heterocycles. The van der Waals surface area contributed by atoms with Gasteiger partial charge in [0.15, 0.2) is 11.5 Å². The van der Waals surface area contributed by atoms with E-state index in [1.807, 2.05) is 37.3 Å². The number of fused-ring (bicyclic) bond motifs is 1. The summed E-state index contributed by atoms with van der Waals surface area (Å²) in [6.45, 7) is 2.08. The van der Waals surface area contributed by atoms with Gasteiger partial charge in [-0.3, -0.25) is 4.79 Å². The van der Waals surface area contributed by atoms with Gasteiger partial charge in [-0.2, -0.15) is 4.31 Å². The van der Waals surface area contributed by atoms with Crippen LogP contribution in [-0.2, 0) is 27.9 Å². The van der Waals surface area contributed by atoms with E-state index in [1.165, 1.54) is 24.3 Å². The van der Waals surface area contributed by atoms with Crippen molar-refractivity contribution in [2.24, 2.45) is 0 Å². The van der Waals surface area contributed by atoms with Gasteiger partial charge in [0, 0.05) is 18.1 Å². The van der Waals surface area contributed by atoms with Gasteiger partial charge in [0.1, 0.15) is 0 Å². The van der Waals surface area contributed by atoms with E-state index in [0.717, 1.165) is 21.0 Å². The van der Waals surface area contributed by atoms with Gasteiger partial charge in [-0.25, -0.2) is 8.42 Å². The van der Waals surface area contributed by atoms with Crippen molar-refractivity contribution < 1.29 is 22.7 Å². The summed E-state index contributed by atoms with van der Waals surface area (Å²) in [6.07, 6.45) is 0. The Bertz CT molecular complexity index is 1240. The van der Waals surface area contributed by atoms with Gasteiger partial charge in [-0.05, 0) is 54.4 Å². The van der Waals surface area contributed by atoms with Gasteiger partial charge in [0.2, 0.25) is 22.7 Å². The molecule has 1 amide bonds. The van der Waals surface area contributed by atoms with Crippen LogP contribution < -0.4 is 14.8 Å². The zero-order chi connectivity index (χ0) is 23.4. The van der Waals surface area contributed by atoms with Crippen LogP contribution in [0.5, 0.6) is 11.5 Å². The number of ether oxygens (including phenoxy) is 2. The van der Waals surface area contributed by atoms with E-state index in [2.05, 4.69) is 5.32 Å². The Labute approximate surface area is 197 Å². The molecule has 0 unspecified atom stereocenters. The molecule has 0 bridgehead atoms. The largest absolute Gasteiger partial charge is 0.454 e. The maximum absolute atomic E-state index is 13.3. The molecule has 3 aromatic carbocycles. The summed E-state index contributed by atoms with van der Waals surface area (Å²) in [5, 5.41) is 3.22. The fraction of sp³-hybridized carbons (Fsp3) is 0.208. The standard InChI is InChI=1S/C24H23ClN2O5S/c1-17-2-4-18(5-3-17)14-27(33(29,30)21-9-7-20(25)8-10-21)15-24(28)26-13-19-6-11-22-23(12-19)32-16-31-22/h2-12H,13-16H2,1H3,(H,26,28). The molecule has 1 heterocycles. The number of hydrogen-bond acceptors (Lipinski definition) is 5. The zero-order valence-electron chi connectivity index (χ0n) is 18.0. The van der Waals surface area contributed by atoms with Crippen LogP contribution in [0.3, 0.4) is 0 Å². The Morgan fingerprint density at radius 3 is 2.36 bits per heavy atom. The Morgan fingerprint density at radius 1 is 0.970 bits per heavy atom. The van der Waals surface area contributed by atoms with Crippen LogP contribution in [0.25, 0.3) is 0 Å². The molecular formula is C24H23ClN2O5S. The second kappa shape index (κ2) is 9.82. The SMILES string of the molecule is Cc1ccc(CN(CC(=O)NCc2ccc3c(c2)OCO3)S(=O)(=O)c2ccc(Cl)cc2)cc1. The summed E-state index contributed by atoms with van der Waals surface area (Å²) in [5.41, 5.74) is 2.66. The monoisotopic (exact) mass is 486 g/mol. The highest BCUT2D eigenvalue weighted by Gasteiger charge is 2.27. The zero-order valence-corrected chi connectivity index (χ0v) is 19.5. The van der Waals surface area contributed by atoms with Crippen LogP contribution in [0.2, 0.25) is 5.02 Å². The number of carbonyl (C=O) groups excluding carboxylic acids is 1. The number of nitrogens with one attached hydrogen (secondary N) is 1.